The number of carbonyl (C=O) groups is 3. The normalized spacial score (nSPS) is 21.7. The first-order valence-electron chi connectivity index (χ1n) is 11.0. The highest BCUT2D eigenvalue weighted by atomic mass is 32.1. The molecule has 0 unspecified atom stereocenters. The van der Waals surface area contributed by atoms with Gasteiger partial charge in [0.15, 0.2) is 5.78 Å². The molecule has 3 atom stereocenters. The predicted octanol–water partition coefficient (Wildman–Crippen LogP) is 3.70. The molecular weight excluding hydrogens is 470 g/mol. The Morgan fingerprint density at radius 3 is 2.43 bits per heavy atom. The number of methoxy groups -OCH3 is 4. The van der Waals surface area contributed by atoms with E-state index in [2.05, 4.69) is 5.32 Å². The third-order valence-electron chi connectivity index (χ3n) is 6.54. The fraction of sp³-hybridized carbons (Fsp3) is 0.346. The maximum Gasteiger partial charge on any atom is 0.336 e. The van der Waals surface area contributed by atoms with Gasteiger partial charge in [-0.15, -0.1) is 11.3 Å². The minimum absolute atomic E-state index is 0.268. The summed E-state index contributed by atoms with van der Waals surface area (Å²) >= 11 is 1.49. The van der Waals surface area contributed by atoms with Crippen molar-refractivity contribution in [1.82, 2.24) is 5.32 Å². The number of thiophene rings is 1. The summed E-state index contributed by atoms with van der Waals surface area (Å²) in [4.78, 5) is 41.0. The van der Waals surface area contributed by atoms with Gasteiger partial charge in [0.1, 0.15) is 17.4 Å². The molecule has 0 spiro atoms. The largest absolute Gasteiger partial charge is 0.497 e. The Morgan fingerprint density at radius 2 is 1.83 bits per heavy atom. The molecule has 8 nitrogen and oxygen atoms in total. The van der Waals surface area contributed by atoms with Gasteiger partial charge in [-0.05, 0) is 43.0 Å². The number of hydrogen-bond donors (Lipinski definition) is 1. The maximum absolute atomic E-state index is 14.1. The van der Waals surface area contributed by atoms with Gasteiger partial charge in [-0.3, -0.25) is 9.59 Å². The van der Waals surface area contributed by atoms with Gasteiger partial charge in [0.05, 0.1) is 39.9 Å². The van der Waals surface area contributed by atoms with Crippen LogP contribution < -0.4 is 14.8 Å². The summed E-state index contributed by atoms with van der Waals surface area (Å²) in [5, 5.41) is 5.18. The summed E-state index contributed by atoms with van der Waals surface area (Å²) in [6.45, 7) is 1.77. The van der Waals surface area contributed by atoms with E-state index in [1.807, 2.05) is 17.5 Å². The van der Waals surface area contributed by atoms with Crippen LogP contribution in [0.25, 0.3) is 0 Å². The molecule has 0 saturated carbocycles. The lowest BCUT2D eigenvalue weighted by Crippen LogP contribution is -2.43. The van der Waals surface area contributed by atoms with Crippen molar-refractivity contribution in [3.05, 3.63) is 68.7 Å². The number of dihydropyridines is 1. The Bertz CT molecular complexity index is 1230. The summed E-state index contributed by atoms with van der Waals surface area (Å²) in [6.07, 6.45) is 0.399. The Morgan fingerprint density at radius 1 is 1.06 bits per heavy atom. The van der Waals surface area contributed by atoms with E-state index < -0.39 is 29.6 Å². The molecule has 1 N–H and O–H groups in total. The van der Waals surface area contributed by atoms with Crippen LogP contribution in [0.3, 0.4) is 0 Å². The number of allylic oxidation sites excluding steroid dienone is 3. The lowest BCUT2D eigenvalue weighted by Gasteiger charge is -2.39. The van der Waals surface area contributed by atoms with Gasteiger partial charge < -0.3 is 24.3 Å². The number of benzene rings is 1. The van der Waals surface area contributed by atoms with Crippen LogP contribution in [0.4, 0.5) is 0 Å². The number of carbonyl (C=O) groups excluding carboxylic acids is 3. The second-order valence-electron chi connectivity index (χ2n) is 8.28. The van der Waals surface area contributed by atoms with Crippen molar-refractivity contribution >= 4 is 29.1 Å². The summed E-state index contributed by atoms with van der Waals surface area (Å²) in [5.41, 5.74) is 2.38. The van der Waals surface area contributed by atoms with Crippen LogP contribution >= 0.6 is 11.3 Å². The molecule has 9 heteroatoms. The molecule has 0 amide bonds. The van der Waals surface area contributed by atoms with Crippen molar-refractivity contribution in [2.45, 2.75) is 25.2 Å². The second-order valence-corrected chi connectivity index (χ2v) is 9.26. The average Bonchev–Trinajstić information content (AvgIpc) is 3.41. The number of ether oxygens (including phenoxy) is 4. The van der Waals surface area contributed by atoms with E-state index in [0.717, 1.165) is 4.88 Å². The van der Waals surface area contributed by atoms with Gasteiger partial charge in [-0.25, -0.2) is 4.79 Å². The highest BCUT2D eigenvalue weighted by Gasteiger charge is 2.49. The lowest BCUT2D eigenvalue weighted by atomic mass is 9.68. The fourth-order valence-electron chi connectivity index (χ4n) is 4.96. The first-order valence-corrected chi connectivity index (χ1v) is 11.9. The standard InChI is InChI=1S/C26H27NO7S/c1-13-20(25(29)33-4)21(15-11-14(31-2)8-9-18(15)32-3)23-17(27-13)12-16(19-7-6-10-35-19)22(24(23)28)26(30)34-5/h6-11,16,21-22,27H,12H2,1-5H3/t16-,21-,22+/m0/s1. The molecule has 2 heterocycles. The average molecular weight is 498 g/mol. The van der Waals surface area contributed by atoms with Gasteiger partial charge in [-0.1, -0.05) is 6.07 Å². The van der Waals surface area contributed by atoms with Crippen molar-refractivity contribution in [3.8, 4) is 11.5 Å². The van der Waals surface area contributed by atoms with Crippen molar-refractivity contribution in [1.29, 1.82) is 0 Å². The second kappa shape index (κ2) is 9.95. The first-order chi connectivity index (χ1) is 16.9. The Labute approximate surface area is 207 Å². The van der Waals surface area contributed by atoms with Crippen LogP contribution in [-0.4, -0.2) is 46.2 Å². The summed E-state index contributed by atoms with van der Waals surface area (Å²) in [6, 6.07) is 9.00. The van der Waals surface area contributed by atoms with Crippen molar-refractivity contribution in [3.63, 3.8) is 0 Å². The SMILES string of the molecule is COC(=O)C1=C(C)NC2=C(C(=O)[C@H](C(=O)OC)[C@H](c3cccs3)C2)[C@H]1c1cc(OC)ccc1OC. The summed E-state index contributed by atoms with van der Waals surface area (Å²) < 4.78 is 21.2. The van der Waals surface area contributed by atoms with E-state index in [9.17, 15) is 14.4 Å². The minimum atomic E-state index is -1.05. The lowest BCUT2D eigenvalue weighted by molar-refractivity contribution is -0.149. The van der Waals surface area contributed by atoms with Crippen LogP contribution in [0.1, 0.15) is 35.6 Å². The van der Waals surface area contributed by atoms with Gasteiger partial charge in [-0.2, -0.15) is 0 Å². The topological polar surface area (TPSA) is 100 Å². The van der Waals surface area contributed by atoms with Crippen LogP contribution in [0, 0.1) is 5.92 Å². The van der Waals surface area contributed by atoms with Gasteiger partial charge in [0, 0.05) is 33.3 Å². The number of ketones is 1. The Hall–Kier alpha value is -3.59. The number of rotatable bonds is 6. The number of Topliss-reactive ketones (excluding diaryl/α,β-unsaturated/α-hetero) is 1. The van der Waals surface area contributed by atoms with Crippen LogP contribution in [0.5, 0.6) is 11.5 Å². The molecule has 2 aromatic rings. The maximum atomic E-state index is 14.1. The Balaban J connectivity index is 1.97. The number of nitrogens with one attached hydrogen (secondary N) is 1. The first kappa shape index (κ1) is 24.5. The van der Waals surface area contributed by atoms with E-state index in [0.29, 0.717) is 40.5 Å². The smallest absolute Gasteiger partial charge is 0.336 e. The molecule has 0 saturated heterocycles. The molecule has 2 aliphatic rings. The third-order valence-corrected chi connectivity index (χ3v) is 7.54. The molecule has 1 aromatic carbocycles. The molecular formula is C26H27NO7S. The van der Waals surface area contributed by atoms with Crippen LogP contribution in [0.15, 0.2) is 58.3 Å². The van der Waals surface area contributed by atoms with Gasteiger partial charge in [0.25, 0.3) is 0 Å². The molecule has 184 valence electrons. The number of esters is 2. The Kier molecular flexibility index (Phi) is 6.98. The van der Waals surface area contributed by atoms with Crippen molar-refractivity contribution in [2.24, 2.45) is 5.92 Å². The number of hydrogen-bond acceptors (Lipinski definition) is 9. The highest BCUT2D eigenvalue weighted by molar-refractivity contribution is 7.10. The molecule has 35 heavy (non-hydrogen) atoms. The fourth-order valence-corrected chi connectivity index (χ4v) is 5.82. The molecule has 0 radical (unpaired) electrons. The van der Waals surface area contributed by atoms with E-state index in [-0.39, 0.29) is 11.5 Å². The molecule has 1 aliphatic heterocycles. The van der Waals surface area contributed by atoms with Crippen LogP contribution in [-0.2, 0) is 23.9 Å². The van der Waals surface area contributed by atoms with E-state index in [1.54, 1.807) is 25.1 Å². The van der Waals surface area contributed by atoms with E-state index >= 15 is 0 Å². The van der Waals surface area contributed by atoms with Gasteiger partial charge >= 0.3 is 11.9 Å². The molecule has 0 fully saturated rings. The quantitative estimate of drug-likeness (QED) is 0.476. The van der Waals surface area contributed by atoms with Crippen LogP contribution in [0.2, 0.25) is 0 Å². The molecule has 1 aliphatic carbocycles. The van der Waals surface area contributed by atoms with E-state index in [4.69, 9.17) is 18.9 Å². The predicted molar refractivity (Wildman–Crippen MR) is 129 cm³/mol. The zero-order valence-electron chi connectivity index (χ0n) is 20.2. The molecule has 4 rings (SSSR count). The monoisotopic (exact) mass is 497 g/mol. The third kappa shape index (κ3) is 4.20. The zero-order chi connectivity index (χ0) is 25.3. The van der Waals surface area contributed by atoms with Gasteiger partial charge in [0.2, 0.25) is 0 Å². The molecule has 1 aromatic heterocycles. The highest BCUT2D eigenvalue weighted by Crippen LogP contribution is 2.50. The van der Waals surface area contributed by atoms with Crippen molar-refractivity contribution < 1.29 is 33.3 Å². The minimum Gasteiger partial charge on any atom is -0.497 e. The molecule has 0 bridgehead atoms. The van der Waals surface area contributed by atoms with E-state index in [1.165, 1.54) is 39.8 Å². The van der Waals surface area contributed by atoms with Crippen molar-refractivity contribution in [2.75, 3.05) is 28.4 Å². The zero-order valence-corrected chi connectivity index (χ0v) is 21.0. The summed E-state index contributed by atoms with van der Waals surface area (Å²) in [7, 11) is 5.62. The summed E-state index contributed by atoms with van der Waals surface area (Å²) in [5.74, 6) is -2.84.